The molecule has 2 heterocycles. The Morgan fingerprint density at radius 2 is 1.80 bits per heavy atom. The highest BCUT2D eigenvalue weighted by Crippen LogP contribution is 2.33. The van der Waals surface area contributed by atoms with Crippen molar-refractivity contribution < 1.29 is 4.74 Å². The molecule has 0 saturated carbocycles. The van der Waals surface area contributed by atoms with Gasteiger partial charge in [-0.15, -0.1) is 10.2 Å². The molecule has 3 aromatic rings. The molecule has 0 atom stereocenters. The Hall–Kier alpha value is -2.33. The first-order valence-corrected chi connectivity index (χ1v) is 6.63. The molecular weight excluding hydrogens is 274 g/mol. The molecule has 2 aromatic carbocycles. The van der Waals surface area contributed by atoms with Gasteiger partial charge in [-0.3, -0.25) is 4.57 Å². The van der Waals surface area contributed by atoms with Gasteiger partial charge in [0.1, 0.15) is 12.4 Å². The zero-order chi connectivity index (χ0) is 13.5. The lowest BCUT2D eigenvalue weighted by molar-refractivity contribution is 0.279. The summed E-state index contributed by atoms with van der Waals surface area (Å²) in [6, 6.07) is 15.5. The third-order valence-corrected chi connectivity index (χ3v) is 3.55. The second-order valence-corrected chi connectivity index (χ2v) is 4.97. The van der Waals surface area contributed by atoms with Crippen molar-refractivity contribution in [3.8, 4) is 22.8 Å². The molecule has 0 N–H and O–H groups in total. The van der Waals surface area contributed by atoms with E-state index in [0.29, 0.717) is 11.6 Å². The van der Waals surface area contributed by atoms with Crippen molar-refractivity contribution in [2.45, 2.75) is 6.61 Å². The average Bonchev–Trinajstić information content (AvgIpc) is 2.92. The van der Waals surface area contributed by atoms with E-state index in [4.69, 9.17) is 16.3 Å². The SMILES string of the molecule is Clc1ccc(-c2nnc3n2-c2ccccc2OC3)cc1. The van der Waals surface area contributed by atoms with Crippen LogP contribution in [0, 0.1) is 0 Å². The van der Waals surface area contributed by atoms with Crippen molar-refractivity contribution in [1.82, 2.24) is 14.8 Å². The van der Waals surface area contributed by atoms with Crippen molar-refractivity contribution in [2.24, 2.45) is 0 Å². The van der Waals surface area contributed by atoms with Crippen LogP contribution in [0.2, 0.25) is 5.02 Å². The molecule has 20 heavy (non-hydrogen) atoms. The molecule has 5 heteroatoms. The number of benzene rings is 2. The van der Waals surface area contributed by atoms with Crippen LogP contribution >= 0.6 is 11.6 Å². The van der Waals surface area contributed by atoms with E-state index in [1.807, 2.05) is 53.1 Å². The van der Waals surface area contributed by atoms with Gasteiger partial charge >= 0.3 is 0 Å². The van der Waals surface area contributed by atoms with Crippen LogP contribution in [0.5, 0.6) is 5.75 Å². The maximum Gasteiger partial charge on any atom is 0.176 e. The van der Waals surface area contributed by atoms with E-state index in [1.165, 1.54) is 0 Å². The first-order valence-electron chi connectivity index (χ1n) is 6.25. The summed E-state index contributed by atoms with van der Waals surface area (Å²) in [4.78, 5) is 0. The summed E-state index contributed by atoms with van der Waals surface area (Å²) in [5.74, 6) is 2.44. The minimum absolute atomic E-state index is 0.428. The second-order valence-electron chi connectivity index (χ2n) is 4.54. The van der Waals surface area contributed by atoms with Crippen molar-refractivity contribution in [3.63, 3.8) is 0 Å². The minimum Gasteiger partial charge on any atom is -0.483 e. The van der Waals surface area contributed by atoms with E-state index in [2.05, 4.69) is 10.2 Å². The van der Waals surface area contributed by atoms with E-state index in [9.17, 15) is 0 Å². The fraction of sp³-hybridized carbons (Fsp3) is 0.0667. The first-order chi connectivity index (χ1) is 9.83. The first kappa shape index (κ1) is 11.5. The van der Waals surface area contributed by atoms with Crippen LogP contribution in [0.1, 0.15) is 5.82 Å². The summed E-state index contributed by atoms with van der Waals surface area (Å²) in [7, 11) is 0. The Morgan fingerprint density at radius 1 is 1.00 bits per heavy atom. The molecule has 1 aliphatic rings. The summed E-state index contributed by atoms with van der Waals surface area (Å²) >= 11 is 5.93. The molecular formula is C15H10ClN3O. The normalized spacial score (nSPS) is 12.4. The Bertz CT molecular complexity index is 780. The van der Waals surface area contributed by atoms with Gasteiger partial charge in [-0.1, -0.05) is 23.7 Å². The molecule has 0 radical (unpaired) electrons. The lowest BCUT2D eigenvalue weighted by Crippen LogP contribution is -2.13. The fourth-order valence-electron chi connectivity index (χ4n) is 2.36. The highest BCUT2D eigenvalue weighted by molar-refractivity contribution is 6.30. The second kappa shape index (κ2) is 4.35. The summed E-state index contributed by atoms with van der Waals surface area (Å²) in [6.07, 6.45) is 0. The van der Waals surface area contributed by atoms with Crippen molar-refractivity contribution in [1.29, 1.82) is 0 Å². The number of fused-ring (bicyclic) bond motifs is 3. The van der Waals surface area contributed by atoms with Crippen molar-refractivity contribution in [2.75, 3.05) is 0 Å². The molecule has 0 unspecified atom stereocenters. The number of halogens is 1. The number of hydrogen-bond acceptors (Lipinski definition) is 3. The number of rotatable bonds is 1. The Morgan fingerprint density at radius 3 is 2.65 bits per heavy atom. The zero-order valence-electron chi connectivity index (χ0n) is 10.5. The average molecular weight is 284 g/mol. The monoisotopic (exact) mass is 283 g/mol. The van der Waals surface area contributed by atoms with Crippen LogP contribution in [-0.2, 0) is 6.61 Å². The van der Waals surface area contributed by atoms with Crippen LogP contribution in [0.25, 0.3) is 17.1 Å². The summed E-state index contributed by atoms with van der Waals surface area (Å²) in [5, 5.41) is 9.20. The third-order valence-electron chi connectivity index (χ3n) is 3.30. The number of hydrogen-bond donors (Lipinski definition) is 0. The van der Waals surface area contributed by atoms with Crippen molar-refractivity contribution in [3.05, 3.63) is 59.4 Å². The number of ether oxygens (including phenoxy) is 1. The third kappa shape index (κ3) is 1.69. The van der Waals surface area contributed by atoms with Gasteiger partial charge in [0.15, 0.2) is 11.6 Å². The van der Waals surface area contributed by atoms with Crippen LogP contribution in [0.3, 0.4) is 0 Å². The van der Waals surface area contributed by atoms with Gasteiger partial charge in [-0.05, 0) is 36.4 Å². The van der Waals surface area contributed by atoms with E-state index in [1.54, 1.807) is 0 Å². The van der Waals surface area contributed by atoms with E-state index in [-0.39, 0.29) is 0 Å². The molecule has 1 aromatic heterocycles. The topological polar surface area (TPSA) is 39.9 Å². The smallest absolute Gasteiger partial charge is 0.176 e. The molecule has 0 fully saturated rings. The predicted molar refractivity (Wildman–Crippen MR) is 76.1 cm³/mol. The van der Waals surface area contributed by atoms with Crippen molar-refractivity contribution >= 4 is 11.6 Å². The Kier molecular flexibility index (Phi) is 2.50. The molecule has 0 amide bonds. The molecule has 98 valence electrons. The maximum absolute atomic E-state index is 5.93. The van der Waals surface area contributed by atoms with Gasteiger partial charge in [0.25, 0.3) is 0 Å². The van der Waals surface area contributed by atoms with E-state index >= 15 is 0 Å². The highest BCUT2D eigenvalue weighted by Gasteiger charge is 2.22. The Balaban J connectivity index is 1.93. The van der Waals surface area contributed by atoms with Gasteiger partial charge < -0.3 is 4.74 Å². The predicted octanol–water partition coefficient (Wildman–Crippen LogP) is 3.48. The summed E-state index contributed by atoms with van der Waals surface area (Å²) in [6.45, 7) is 0.428. The number of aromatic nitrogens is 3. The van der Waals surface area contributed by atoms with Crippen LogP contribution < -0.4 is 4.74 Å². The number of nitrogens with zero attached hydrogens (tertiary/aromatic N) is 3. The molecule has 1 aliphatic heterocycles. The van der Waals surface area contributed by atoms with Gasteiger partial charge in [0.05, 0.1) is 5.69 Å². The van der Waals surface area contributed by atoms with Crippen LogP contribution in [-0.4, -0.2) is 14.8 Å². The van der Waals surface area contributed by atoms with E-state index in [0.717, 1.165) is 28.6 Å². The molecule has 0 aliphatic carbocycles. The zero-order valence-corrected chi connectivity index (χ0v) is 11.2. The standard InChI is InChI=1S/C15H10ClN3O/c16-11-7-5-10(6-8-11)15-18-17-14-9-20-13-4-2-1-3-12(13)19(14)15/h1-8H,9H2. The van der Waals surface area contributed by atoms with Gasteiger partial charge in [-0.2, -0.15) is 0 Å². The lowest BCUT2D eigenvalue weighted by Gasteiger charge is -2.19. The molecule has 4 rings (SSSR count). The van der Waals surface area contributed by atoms with Gasteiger partial charge in [-0.25, -0.2) is 0 Å². The quantitative estimate of drug-likeness (QED) is 0.686. The maximum atomic E-state index is 5.93. The fourth-order valence-corrected chi connectivity index (χ4v) is 2.48. The van der Waals surface area contributed by atoms with Crippen LogP contribution in [0.15, 0.2) is 48.5 Å². The molecule has 0 spiro atoms. The Labute approximate surface area is 120 Å². The largest absolute Gasteiger partial charge is 0.483 e. The lowest BCUT2D eigenvalue weighted by atomic mass is 10.2. The van der Waals surface area contributed by atoms with Gasteiger partial charge in [0, 0.05) is 10.6 Å². The van der Waals surface area contributed by atoms with E-state index < -0.39 is 0 Å². The van der Waals surface area contributed by atoms with Crippen LogP contribution in [0.4, 0.5) is 0 Å². The molecule has 0 bridgehead atoms. The molecule has 0 saturated heterocycles. The van der Waals surface area contributed by atoms with Gasteiger partial charge in [0.2, 0.25) is 0 Å². The minimum atomic E-state index is 0.428. The molecule has 4 nitrogen and oxygen atoms in total. The number of para-hydroxylation sites is 2. The highest BCUT2D eigenvalue weighted by atomic mass is 35.5. The summed E-state index contributed by atoms with van der Waals surface area (Å²) < 4.78 is 7.70. The summed E-state index contributed by atoms with van der Waals surface area (Å²) in [5.41, 5.74) is 1.94.